The van der Waals surface area contributed by atoms with E-state index in [0.717, 1.165) is 60.3 Å². The number of nitrogens with one attached hydrogen (secondary N) is 1. The van der Waals surface area contributed by atoms with Crippen LogP contribution in [0, 0.1) is 12.8 Å². The first-order valence-corrected chi connectivity index (χ1v) is 12.6. The number of alkyl halides is 3. The summed E-state index contributed by atoms with van der Waals surface area (Å²) >= 11 is 0. The molecule has 5 rings (SSSR count). The molecule has 0 radical (unpaired) electrons. The van der Waals surface area contributed by atoms with Crippen LogP contribution in [-0.2, 0) is 19.5 Å². The number of piperidine rings is 1. The Morgan fingerprint density at radius 3 is 2.54 bits per heavy atom. The second-order valence-electron chi connectivity index (χ2n) is 9.94. The average molecular weight is 510 g/mol. The summed E-state index contributed by atoms with van der Waals surface area (Å²) in [5.41, 5.74) is 5.78. The summed E-state index contributed by atoms with van der Waals surface area (Å²) in [6.45, 7) is 4.80. The van der Waals surface area contributed by atoms with Gasteiger partial charge in [-0.25, -0.2) is 0 Å². The van der Waals surface area contributed by atoms with Gasteiger partial charge >= 0.3 is 6.36 Å². The number of benzene rings is 2. The maximum atomic E-state index is 13.3. The molecule has 0 bridgehead atoms. The number of carbonyl (C=O) groups excluding carboxylic acids is 1. The SMILES string of the molecule is Cc1cc(C(Cc2ccccn2)C2CCNCC2)cc2c1C(=O)N(Cc1ccc(OC(F)(F)F)cc1)C2. The van der Waals surface area contributed by atoms with E-state index in [1.807, 2.05) is 25.3 Å². The van der Waals surface area contributed by atoms with Gasteiger partial charge in [0.2, 0.25) is 0 Å². The number of fused-ring (bicyclic) bond motifs is 1. The smallest absolute Gasteiger partial charge is 0.406 e. The number of pyridine rings is 1. The standard InChI is InChI=1S/C29H30F3N3O2/c1-19-14-22(26(21-9-12-33-13-10-21)16-24-4-2-3-11-34-24)15-23-18-35(28(36)27(19)23)17-20-5-7-25(8-6-20)37-29(30,31)32/h2-8,11,14-15,21,26,33H,9-10,12-13,16-18H2,1H3. The summed E-state index contributed by atoms with van der Waals surface area (Å²) in [5, 5.41) is 3.46. The molecule has 2 aliphatic rings. The van der Waals surface area contributed by atoms with Gasteiger partial charge in [-0.2, -0.15) is 0 Å². The molecular weight excluding hydrogens is 479 g/mol. The second-order valence-corrected chi connectivity index (χ2v) is 9.94. The lowest BCUT2D eigenvalue weighted by atomic mass is 9.76. The zero-order valence-electron chi connectivity index (χ0n) is 20.7. The fourth-order valence-electron chi connectivity index (χ4n) is 5.66. The molecule has 1 aromatic heterocycles. The van der Waals surface area contributed by atoms with E-state index in [1.165, 1.54) is 17.7 Å². The molecule has 2 aromatic carbocycles. The highest BCUT2D eigenvalue weighted by molar-refractivity contribution is 5.99. The minimum absolute atomic E-state index is 0.0437. The van der Waals surface area contributed by atoms with Crippen LogP contribution in [0.2, 0.25) is 0 Å². The van der Waals surface area contributed by atoms with Gasteiger partial charge in [0, 0.05) is 30.5 Å². The van der Waals surface area contributed by atoms with E-state index in [-0.39, 0.29) is 11.7 Å². The van der Waals surface area contributed by atoms with Crippen molar-refractivity contribution in [3.8, 4) is 5.75 Å². The van der Waals surface area contributed by atoms with E-state index >= 15 is 0 Å². The van der Waals surface area contributed by atoms with Gasteiger partial charge in [-0.15, -0.1) is 13.2 Å². The van der Waals surface area contributed by atoms with E-state index in [0.29, 0.717) is 24.9 Å². The molecule has 0 aliphatic carbocycles. The van der Waals surface area contributed by atoms with Crippen LogP contribution < -0.4 is 10.1 Å². The maximum absolute atomic E-state index is 13.3. The Bertz CT molecular complexity index is 1240. The molecule has 194 valence electrons. The molecule has 37 heavy (non-hydrogen) atoms. The van der Waals surface area contributed by atoms with Crippen LogP contribution in [0.3, 0.4) is 0 Å². The number of rotatable bonds is 7. The number of nitrogens with zero attached hydrogens (tertiary/aromatic N) is 2. The normalized spacial score (nSPS) is 17.1. The third-order valence-electron chi connectivity index (χ3n) is 7.37. The van der Waals surface area contributed by atoms with Crippen molar-refractivity contribution >= 4 is 5.91 Å². The van der Waals surface area contributed by atoms with Crippen molar-refractivity contribution in [1.29, 1.82) is 0 Å². The van der Waals surface area contributed by atoms with E-state index < -0.39 is 6.36 Å². The molecule has 3 heterocycles. The summed E-state index contributed by atoms with van der Waals surface area (Å²) in [4.78, 5) is 19.6. The van der Waals surface area contributed by atoms with Crippen LogP contribution in [0.25, 0.3) is 0 Å². The predicted molar refractivity (Wildman–Crippen MR) is 134 cm³/mol. The van der Waals surface area contributed by atoms with Crippen LogP contribution in [0.15, 0.2) is 60.8 Å². The number of hydrogen-bond donors (Lipinski definition) is 1. The summed E-state index contributed by atoms with van der Waals surface area (Å²) in [7, 11) is 0. The van der Waals surface area contributed by atoms with Gasteiger partial charge in [0.25, 0.3) is 5.91 Å². The topological polar surface area (TPSA) is 54.5 Å². The minimum atomic E-state index is -4.73. The van der Waals surface area contributed by atoms with Crippen molar-refractivity contribution in [3.05, 3.63) is 94.3 Å². The molecule has 1 amide bonds. The maximum Gasteiger partial charge on any atom is 0.573 e. The summed E-state index contributed by atoms with van der Waals surface area (Å²) in [6, 6.07) is 16.1. The molecular formula is C29H30F3N3O2. The van der Waals surface area contributed by atoms with Crippen LogP contribution in [0.4, 0.5) is 13.2 Å². The number of carbonyl (C=O) groups is 1. The molecule has 1 saturated heterocycles. The van der Waals surface area contributed by atoms with Crippen LogP contribution in [-0.4, -0.2) is 35.2 Å². The van der Waals surface area contributed by atoms with Crippen molar-refractivity contribution in [3.63, 3.8) is 0 Å². The number of ether oxygens (including phenoxy) is 1. The number of amides is 1. The van der Waals surface area contributed by atoms with Crippen molar-refractivity contribution < 1.29 is 22.7 Å². The minimum Gasteiger partial charge on any atom is -0.406 e. The predicted octanol–water partition coefficient (Wildman–Crippen LogP) is 5.77. The van der Waals surface area contributed by atoms with Crippen molar-refractivity contribution in [2.45, 2.75) is 51.6 Å². The highest BCUT2D eigenvalue weighted by Gasteiger charge is 2.33. The van der Waals surface area contributed by atoms with Gasteiger partial charge in [0.15, 0.2) is 0 Å². The molecule has 5 nitrogen and oxygen atoms in total. The molecule has 1 unspecified atom stereocenters. The van der Waals surface area contributed by atoms with Gasteiger partial charge in [-0.05, 0) is 97.6 Å². The highest BCUT2D eigenvalue weighted by atomic mass is 19.4. The highest BCUT2D eigenvalue weighted by Crippen LogP contribution is 2.38. The Balaban J connectivity index is 1.36. The summed E-state index contributed by atoms with van der Waals surface area (Å²) < 4.78 is 41.3. The molecule has 1 N–H and O–H groups in total. The quantitative estimate of drug-likeness (QED) is 0.439. The first-order chi connectivity index (χ1) is 17.8. The Morgan fingerprint density at radius 2 is 1.86 bits per heavy atom. The Morgan fingerprint density at radius 1 is 1.11 bits per heavy atom. The van der Waals surface area contributed by atoms with Crippen molar-refractivity contribution in [2.75, 3.05) is 13.1 Å². The molecule has 1 atom stereocenters. The molecule has 3 aromatic rings. The third kappa shape index (κ3) is 5.96. The lowest BCUT2D eigenvalue weighted by Crippen LogP contribution is -2.31. The van der Waals surface area contributed by atoms with Crippen LogP contribution >= 0.6 is 0 Å². The first kappa shape index (κ1) is 25.3. The Labute approximate surface area is 214 Å². The largest absolute Gasteiger partial charge is 0.573 e. The molecule has 1 fully saturated rings. The second kappa shape index (κ2) is 10.5. The number of aryl methyl sites for hydroxylation is 1. The number of aromatic nitrogens is 1. The summed E-state index contributed by atoms with van der Waals surface area (Å²) in [5.74, 6) is 0.528. The zero-order chi connectivity index (χ0) is 26.0. The van der Waals surface area contributed by atoms with E-state index in [2.05, 4.69) is 33.2 Å². The van der Waals surface area contributed by atoms with Crippen molar-refractivity contribution in [2.24, 2.45) is 5.92 Å². The average Bonchev–Trinajstić information content (AvgIpc) is 3.19. The molecule has 2 aliphatic heterocycles. The van der Waals surface area contributed by atoms with Crippen molar-refractivity contribution in [1.82, 2.24) is 15.2 Å². The fourth-order valence-corrected chi connectivity index (χ4v) is 5.66. The zero-order valence-corrected chi connectivity index (χ0v) is 20.7. The van der Waals surface area contributed by atoms with Gasteiger partial charge in [-0.3, -0.25) is 9.78 Å². The molecule has 0 saturated carbocycles. The lowest BCUT2D eigenvalue weighted by molar-refractivity contribution is -0.274. The van der Waals surface area contributed by atoms with Crippen LogP contribution in [0.1, 0.15) is 57.1 Å². The monoisotopic (exact) mass is 509 g/mol. The van der Waals surface area contributed by atoms with Gasteiger partial charge < -0.3 is 15.0 Å². The molecule has 0 spiro atoms. The number of hydrogen-bond acceptors (Lipinski definition) is 4. The summed E-state index contributed by atoms with van der Waals surface area (Å²) in [6.07, 6.45) is 0.167. The van der Waals surface area contributed by atoms with E-state index in [9.17, 15) is 18.0 Å². The molecule has 8 heteroatoms. The fraction of sp³-hybridized carbons (Fsp3) is 0.379. The third-order valence-corrected chi connectivity index (χ3v) is 7.37. The van der Waals surface area contributed by atoms with E-state index in [4.69, 9.17) is 0 Å². The van der Waals surface area contributed by atoms with Crippen LogP contribution in [0.5, 0.6) is 5.75 Å². The van der Waals surface area contributed by atoms with Gasteiger partial charge in [-0.1, -0.05) is 30.3 Å². The Kier molecular flexibility index (Phi) is 7.20. The Hall–Kier alpha value is -3.39. The van der Waals surface area contributed by atoms with Gasteiger partial charge in [0.05, 0.1) is 0 Å². The van der Waals surface area contributed by atoms with Gasteiger partial charge in [0.1, 0.15) is 5.75 Å². The lowest BCUT2D eigenvalue weighted by Gasteiger charge is -2.31. The van der Waals surface area contributed by atoms with E-state index in [1.54, 1.807) is 17.0 Å². The first-order valence-electron chi connectivity index (χ1n) is 12.6. The number of halogens is 3.